The molecule has 2 heterocycles. The monoisotopic (exact) mass is 283 g/mol. The van der Waals surface area contributed by atoms with Gasteiger partial charge in [-0.2, -0.15) is 5.10 Å². The van der Waals surface area contributed by atoms with Gasteiger partial charge in [0, 0.05) is 24.0 Å². The summed E-state index contributed by atoms with van der Waals surface area (Å²) in [7, 11) is 1.65. The Morgan fingerprint density at radius 3 is 2.90 bits per heavy atom. The van der Waals surface area contributed by atoms with Crippen molar-refractivity contribution in [2.75, 3.05) is 7.05 Å². The SMILES string of the molecule is CN(Cc1ncn[nH]1)C(=O)c1cc(=O)[nH]c2ccccc12. The third kappa shape index (κ3) is 2.53. The Morgan fingerprint density at radius 1 is 1.33 bits per heavy atom. The molecule has 3 rings (SSSR count). The molecule has 106 valence electrons. The van der Waals surface area contributed by atoms with E-state index >= 15 is 0 Å². The number of hydrogen-bond donors (Lipinski definition) is 2. The molecule has 0 atom stereocenters. The molecule has 7 nitrogen and oxygen atoms in total. The summed E-state index contributed by atoms with van der Waals surface area (Å²) in [5.41, 5.74) is 0.711. The minimum Gasteiger partial charge on any atom is -0.334 e. The molecular weight excluding hydrogens is 270 g/mol. The lowest BCUT2D eigenvalue weighted by Gasteiger charge is -2.16. The van der Waals surface area contributed by atoms with Gasteiger partial charge >= 0.3 is 0 Å². The normalized spacial score (nSPS) is 10.7. The summed E-state index contributed by atoms with van der Waals surface area (Å²) in [5, 5.41) is 7.16. The van der Waals surface area contributed by atoms with Crippen LogP contribution in [0.3, 0.4) is 0 Å². The first kappa shape index (κ1) is 13.0. The van der Waals surface area contributed by atoms with Crippen molar-refractivity contribution >= 4 is 16.8 Å². The molecule has 0 aliphatic rings. The number of H-pyrrole nitrogens is 2. The number of nitrogens with zero attached hydrogens (tertiary/aromatic N) is 3. The van der Waals surface area contributed by atoms with E-state index in [0.29, 0.717) is 28.8 Å². The molecule has 3 aromatic rings. The van der Waals surface area contributed by atoms with Crippen LogP contribution in [0.1, 0.15) is 16.2 Å². The number of rotatable bonds is 3. The van der Waals surface area contributed by atoms with Crippen molar-refractivity contribution in [1.82, 2.24) is 25.1 Å². The van der Waals surface area contributed by atoms with Crippen LogP contribution >= 0.6 is 0 Å². The maximum atomic E-state index is 12.5. The predicted molar refractivity (Wildman–Crippen MR) is 76.7 cm³/mol. The Kier molecular flexibility index (Phi) is 3.23. The highest BCUT2D eigenvalue weighted by molar-refractivity contribution is 6.05. The summed E-state index contributed by atoms with van der Waals surface area (Å²) >= 11 is 0. The summed E-state index contributed by atoms with van der Waals surface area (Å²) < 4.78 is 0. The molecule has 0 aliphatic carbocycles. The summed E-state index contributed by atoms with van der Waals surface area (Å²) in [5.74, 6) is 0.341. The average Bonchev–Trinajstić information content (AvgIpc) is 2.98. The van der Waals surface area contributed by atoms with E-state index in [2.05, 4.69) is 20.2 Å². The zero-order chi connectivity index (χ0) is 14.8. The van der Waals surface area contributed by atoms with E-state index in [1.54, 1.807) is 19.2 Å². The lowest BCUT2D eigenvalue weighted by molar-refractivity contribution is 0.0783. The molecule has 7 heteroatoms. The fraction of sp³-hybridized carbons (Fsp3) is 0.143. The first-order valence-electron chi connectivity index (χ1n) is 6.37. The fourth-order valence-electron chi connectivity index (χ4n) is 2.19. The van der Waals surface area contributed by atoms with E-state index < -0.39 is 0 Å². The van der Waals surface area contributed by atoms with Gasteiger partial charge in [-0.3, -0.25) is 14.7 Å². The van der Waals surface area contributed by atoms with Crippen LogP contribution in [-0.2, 0) is 6.54 Å². The number of amides is 1. The topological polar surface area (TPSA) is 94.7 Å². The molecule has 0 saturated heterocycles. The van der Waals surface area contributed by atoms with Crippen LogP contribution in [0.4, 0.5) is 0 Å². The van der Waals surface area contributed by atoms with Crippen LogP contribution in [0.15, 0.2) is 41.5 Å². The highest BCUT2D eigenvalue weighted by Gasteiger charge is 2.16. The zero-order valence-electron chi connectivity index (χ0n) is 11.3. The van der Waals surface area contributed by atoms with Crippen LogP contribution < -0.4 is 5.56 Å². The third-order valence-corrected chi connectivity index (χ3v) is 3.18. The summed E-state index contributed by atoms with van der Waals surface area (Å²) in [6.45, 7) is 0.292. The van der Waals surface area contributed by atoms with Crippen LogP contribution in [0, 0.1) is 0 Å². The molecule has 2 N–H and O–H groups in total. The van der Waals surface area contributed by atoms with Crippen molar-refractivity contribution in [3.63, 3.8) is 0 Å². The molecule has 21 heavy (non-hydrogen) atoms. The smallest absolute Gasteiger partial charge is 0.254 e. The standard InChI is InChI=1S/C14H13N5O2/c1-19(7-12-15-8-16-18-12)14(21)10-6-13(20)17-11-5-3-2-4-9(10)11/h2-6,8H,7H2,1H3,(H,17,20)(H,15,16,18). The van der Waals surface area contributed by atoms with E-state index in [9.17, 15) is 9.59 Å². The van der Waals surface area contributed by atoms with Crippen LogP contribution in [0.5, 0.6) is 0 Å². The highest BCUT2D eigenvalue weighted by Crippen LogP contribution is 2.16. The minimum atomic E-state index is -0.301. The fourth-order valence-corrected chi connectivity index (χ4v) is 2.19. The molecule has 1 aromatic carbocycles. The van der Waals surface area contributed by atoms with Crippen molar-refractivity contribution < 1.29 is 4.79 Å². The van der Waals surface area contributed by atoms with Crippen LogP contribution in [0.2, 0.25) is 0 Å². The zero-order valence-corrected chi connectivity index (χ0v) is 11.3. The van der Waals surface area contributed by atoms with Gasteiger partial charge in [-0.15, -0.1) is 0 Å². The van der Waals surface area contributed by atoms with Crippen LogP contribution in [0.25, 0.3) is 10.9 Å². The lowest BCUT2D eigenvalue weighted by atomic mass is 10.1. The van der Waals surface area contributed by atoms with Crippen LogP contribution in [-0.4, -0.2) is 38.0 Å². The molecule has 0 unspecified atom stereocenters. The third-order valence-electron chi connectivity index (χ3n) is 3.18. The van der Waals surface area contributed by atoms with Crippen molar-refractivity contribution in [1.29, 1.82) is 0 Å². The number of carbonyl (C=O) groups excluding carboxylic acids is 1. The first-order valence-corrected chi connectivity index (χ1v) is 6.37. The second-order valence-electron chi connectivity index (χ2n) is 4.69. The van der Waals surface area contributed by atoms with Gasteiger partial charge in [-0.05, 0) is 6.07 Å². The van der Waals surface area contributed by atoms with E-state index in [0.717, 1.165) is 0 Å². The second kappa shape index (κ2) is 5.20. The largest absolute Gasteiger partial charge is 0.334 e. The maximum absolute atomic E-state index is 12.5. The number of aromatic amines is 2. The Hall–Kier alpha value is -2.96. The molecule has 0 saturated carbocycles. The van der Waals surface area contributed by atoms with Gasteiger partial charge in [-0.25, -0.2) is 4.98 Å². The van der Waals surface area contributed by atoms with Crippen molar-refractivity contribution in [3.8, 4) is 0 Å². The molecule has 1 amide bonds. The number of pyridine rings is 1. The number of para-hydroxylation sites is 1. The Balaban J connectivity index is 1.99. The Morgan fingerprint density at radius 2 is 2.14 bits per heavy atom. The molecule has 0 fully saturated rings. The quantitative estimate of drug-likeness (QED) is 0.747. The molecule has 0 radical (unpaired) electrons. The van der Waals surface area contributed by atoms with E-state index in [-0.39, 0.29) is 11.5 Å². The number of aromatic nitrogens is 4. The van der Waals surface area contributed by atoms with Crippen molar-refractivity contribution in [3.05, 3.63) is 58.4 Å². The molecule has 0 bridgehead atoms. The molecule has 0 spiro atoms. The number of carbonyl (C=O) groups is 1. The summed E-state index contributed by atoms with van der Waals surface area (Å²) in [6, 6.07) is 8.53. The van der Waals surface area contributed by atoms with E-state index in [1.165, 1.54) is 17.3 Å². The van der Waals surface area contributed by atoms with Gasteiger partial charge in [0.2, 0.25) is 5.56 Å². The average molecular weight is 283 g/mol. The van der Waals surface area contributed by atoms with Crippen molar-refractivity contribution in [2.45, 2.75) is 6.54 Å². The number of nitrogens with one attached hydrogen (secondary N) is 2. The molecular formula is C14H13N5O2. The van der Waals surface area contributed by atoms with Gasteiger partial charge in [-0.1, -0.05) is 18.2 Å². The summed E-state index contributed by atoms with van der Waals surface area (Å²) in [4.78, 5) is 32.4. The highest BCUT2D eigenvalue weighted by atomic mass is 16.2. The predicted octanol–water partition coefficient (Wildman–Crippen LogP) is 0.918. The number of benzene rings is 1. The lowest BCUT2D eigenvalue weighted by Crippen LogP contribution is -2.28. The van der Waals surface area contributed by atoms with Gasteiger partial charge in [0.25, 0.3) is 5.91 Å². The number of fused-ring (bicyclic) bond motifs is 1. The molecule has 0 aliphatic heterocycles. The van der Waals surface area contributed by atoms with Gasteiger partial charge in [0.05, 0.1) is 12.1 Å². The minimum absolute atomic E-state index is 0.242. The van der Waals surface area contributed by atoms with E-state index in [4.69, 9.17) is 0 Å². The second-order valence-corrected chi connectivity index (χ2v) is 4.69. The van der Waals surface area contributed by atoms with Gasteiger partial charge in [0.15, 0.2) is 0 Å². The number of hydrogen-bond acceptors (Lipinski definition) is 4. The van der Waals surface area contributed by atoms with Gasteiger partial charge in [0.1, 0.15) is 12.2 Å². The molecule has 2 aromatic heterocycles. The van der Waals surface area contributed by atoms with Gasteiger partial charge < -0.3 is 9.88 Å². The van der Waals surface area contributed by atoms with Crippen molar-refractivity contribution in [2.24, 2.45) is 0 Å². The first-order chi connectivity index (χ1) is 10.1. The maximum Gasteiger partial charge on any atom is 0.254 e. The Labute approximate surface area is 119 Å². The van der Waals surface area contributed by atoms with E-state index in [1.807, 2.05) is 12.1 Å². The summed E-state index contributed by atoms with van der Waals surface area (Å²) in [6.07, 6.45) is 1.39. The Bertz CT molecular complexity index is 838.